The van der Waals surface area contributed by atoms with Crippen molar-refractivity contribution in [2.45, 2.75) is 51.1 Å². The van der Waals surface area contributed by atoms with E-state index in [1.807, 2.05) is 5.38 Å². The van der Waals surface area contributed by atoms with Crippen LogP contribution >= 0.6 is 11.3 Å². The van der Waals surface area contributed by atoms with Crippen LogP contribution in [0.25, 0.3) is 6.08 Å². The molecule has 0 atom stereocenters. The van der Waals surface area contributed by atoms with E-state index in [2.05, 4.69) is 18.0 Å². The zero-order chi connectivity index (χ0) is 14.4. The third-order valence-electron chi connectivity index (χ3n) is 3.95. The second kappa shape index (κ2) is 7.60. The highest BCUT2D eigenvalue weighted by molar-refractivity contribution is 7.10. The second-order valence-corrected chi connectivity index (χ2v) is 6.57. The van der Waals surface area contributed by atoms with E-state index in [9.17, 15) is 4.79 Å². The molecule has 0 amide bonds. The highest BCUT2D eigenvalue weighted by Gasteiger charge is 2.17. The Hall–Kier alpha value is -1.13. The summed E-state index contributed by atoms with van der Waals surface area (Å²) in [5.74, 6) is -0.895. The van der Waals surface area contributed by atoms with Crippen LogP contribution in [0.4, 0.5) is 0 Å². The van der Waals surface area contributed by atoms with Gasteiger partial charge in [-0.3, -0.25) is 4.90 Å². The molecule has 1 N–H and O–H groups in total. The number of carboxylic acid groups (broad SMARTS) is 1. The molecule has 1 saturated carbocycles. The number of carbonyl (C=O) groups is 1. The monoisotopic (exact) mass is 293 g/mol. The first kappa shape index (κ1) is 15.3. The molecule has 3 nitrogen and oxygen atoms in total. The van der Waals surface area contributed by atoms with Crippen LogP contribution in [-0.2, 0) is 11.3 Å². The van der Waals surface area contributed by atoms with E-state index >= 15 is 0 Å². The highest BCUT2D eigenvalue weighted by Crippen LogP contribution is 2.24. The van der Waals surface area contributed by atoms with E-state index in [-0.39, 0.29) is 0 Å². The van der Waals surface area contributed by atoms with Gasteiger partial charge in [0.1, 0.15) is 0 Å². The lowest BCUT2D eigenvalue weighted by Gasteiger charge is -2.26. The Morgan fingerprint density at radius 1 is 1.40 bits per heavy atom. The van der Waals surface area contributed by atoms with Crippen molar-refractivity contribution in [2.24, 2.45) is 0 Å². The molecular formula is C16H23NO2S. The van der Waals surface area contributed by atoms with Crippen molar-refractivity contribution in [3.63, 3.8) is 0 Å². The van der Waals surface area contributed by atoms with Crippen LogP contribution in [0.3, 0.4) is 0 Å². The summed E-state index contributed by atoms with van der Waals surface area (Å²) in [5, 5.41) is 10.7. The minimum absolute atomic E-state index is 0.706. The third kappa shape index (κ3) is 4.76. The van der Waals surface area contributed by atoms with Crippen molar-refractivity contribution < 1.29 is 9.90 Å². The van der Waals surface area contributed by atoms with E-state index < -0.39 is 5.97 Å². The van der Waals surface area contributed by atoms with E-state index in [0.29, 0.717) is 6.04 Å². The summed E-state index contributed by atoms with van der Waals surface area (Å²) in [4.78, 5) is 14.3. The van der Waals surface area contributed by atoms with Crippen molar-refractivity contribution in [3.8, 4) is 0 Å². The Kier molecular flexibility index (Phi) is 5.80. The van der Waals surface area contributed by atoms with Crippen LogP contribution in [0, 0.1) is 0 Å². The van der Waals surface area contributed by atoms with Gasteiger partial charge >= 0.3 is 5.97 Å². The van der Waals surface area contributed by atoms with Gasteiger partial charge in [0.25, 0.3) is 0 Å². The largest absolute Gasteiger partial charge is 0.478 e. The summed E-state index contributed by atoms with van der Waals surface area (Å²) in [6.07, 6.45) is 11.0. The summed E-state index contributed by atoms with van der Waals surface area (Å²) >= 11 is 1.71. The van der Waals surface area contributed by atoms with Gasteiger partial charge in [-0.25, -0.2) is 4.79 Å². The minimum atomic E-state index is -0.895. The smallest absolute Gasteiger partial charge is 0.328 e. The Balaban J connectivity index is 1.90. The SMILES string of the molecule is CN(Cc1cc(C=CC(=O)O)cs1)C1CCCCCC1. The molecule has 0 spiro atoms. The Labute approximate surface area is 124 Å². The number of hydrogen-bond donors (Lipinski definition) is 1. The third-order valence-corrected chi connectivity index (χ3v) is 4.89. The van der Waals surface area contributed by atoms with Gasteiger partial charge in [-0.15, -0.1) is 11.3 Å². The molecule has 1 aromatic heterocycles. The topological polar surface area (TPSA) is 40.5 Å². The van der Waals surface area contributed by atoms with Crippen LogP contribution in [-0.4, -0.2) is 29.1 Å². The minimum Gasteiger partial charge on any atom is -0.478 e. The maximum Gasteiger partial charge on any atom is 0.328 e. The summed E-state index contributed by atoms with van der Waals surface area (Å²) in [6.45, 7) is 0.968. The highest BCUT2D eigenvalue weighted by atomic mass is 32.1. The summed E-state index contributed by atoms with van der Waals surface area (Å²) < 4.78 is 0. The number of carboxylic acids is 1. The molecule has 0 aliphatic heterocycles. The molecule has 2 rings (SSSR count). The average Bonchev–Trinajstić information content (AvgIpc) is 2.68. The van der Waals surface area contributed by atoms with Gasteiger partial charge in [-0.1, -0.05) is 25.7 Å². The van der Waals surface area contributed by atoms with Gasteiger partial charge in [0.05, 0.1) is 0 Å². The number of hydrogen-bond acceptors (Lipinski definition) is 3. The van der Waals surface area contributed by atoms with Gasteiger partial charge in [-0.2, -0.15) is 0 Å². The van der Waals surface area contributed by atoms with E-state index in [4.69, 9.17) is 5.11 Å². The van der Waals surface area contributed by atoms with Crippen molar-refractivity contribution in [2.75, 3.05) is 7.05 Å². The van der Waals surface area contributed by atoms with Crippen LogP contribution in [0.1, 0.15) is 49.0 Å². The quantitative estimate of drug-likeness (QED) is 0.659. The number of rotatable bonds is 5. The van der Waals surface area contributed by atoms with Crippen LogP contribution in [0.2, 0.25) is 0 Å². The zero-order valence-electron chi connectivity index (χ0n) is 12.0. The van der Waals surface area contributed by atoms with E-state index in [0.717, 1.165) is 12.1 Å². The lowest BCUT2D eigenvalue weighted by molar-refractivity contribution is -0.131. The number of thiophene rings is 1. The maximum atomic E-state index is 10.5. The molecule has 0 aromatic carbocycles. The first-order chi connectivity index (χ1) is 9.65. The second-order valence-electron chi connectivity index (χ2n) is 5.58. The van der Waals surface area contributed by atoms with Crippen LogP contribution < -0.4 is 0 Å². The number of aliphatic carboxylic acids is 1. The van der Waals surface area contributed by atoms with Gasteiger partial charge in [-0.05, 0) is 43.0 Å². The van der Waals surface area contributed by atoms with Gasteiger partial charge < -0.3 is 5.11 Å². The molecule has 4 heteroatoms. The number of nitrogens with zero attached hydrogens (tertiary/aromatic N) is 1. The zero-order valence-corrected chi connectivity index (χ0v) is 12.9. The van der Waals surface area contributed by atoms with Crippen molar-refractivity contribution in [1.29, 1.82) is 0 Å². The van der Waals surface area contributed by atoms with Crippen LogP contribution in [0.15, 0.2) is 17.5 Å². The molecule has 0 unspecified atom stereocenters. The van der Waals surface area contributed by atoms with E-state index in [1.165, 1.54) is 49.5 Å². The Morgan fingerprint density at radius 2 is 2.10 bits per heavy atom. The predicted molar refractivity (Wildman–Crippen MR) is 83.9 cm³/mol. The molecule has 20 heavy (non-hydrogen) atoms. The normalized spacial score (nSPS) is 17.7. The Morgan fingerprint density at radius 3 is 2.75 bits per heavy atom. The molecule has 1 aromatic rings. The maximum absolute atomic E-state index is 10.5. The summed E-state index contributed by atoms with van der Waals surface area (Å²) in [6, 6.07) is 2.80. The fourth-order valence-corrected chi connectivity index (χ4v) is 3.73. The lowest BCUT2D eigenvalue weighted by Crippen LogP contribution is -2.30. The van der Waals surface area contributed by atoms with Crippen molar-refractivity contribution >= 4 is 23.4 Å². The first-order valence-corrected chi connectivity index (χ1v) is 8.22. The molecule has 1 aliphatic carbocycles. The summed E-state index contributed by atoms with van der Waals surface area (Å²) in [5.41, 5.74) is 0.988. The molecule has 0 radical (unpaired) electrons. The van der Waals surface area contributed by atoms with E-state index in [1.54, 1.807) is 17.4 Å². The van der Waals surface area contributed by atoms with Crippen LogP contribution in [0.5, 0.6) is 0 Å². The molecule has 1 aliphatic rings. The van der Waals surface area contributed by atoms with Gasteiger partial charge in [0.15, 0.2) is 0 Å². The van der Waals surface area contributed by atoms with Gasteiger partial charge in [0, 0.05) is 23.5 Å². The molecule has 1 heterocycles. The van der Waals surface area contributed by atoms with Crippen molar-refractivity contribution in [3.05, 3.63) is 28.0 Å². The molecular weight excluding hydrogens is 270 g/mol. The van der Waals surface area contributed by atoms with Crippen molar-refractivity contribution in [1.82, 2.24) is 4.90 Å². The Bertz CT molecular complexity index is 459. The first-order valence-electron chi connectivity index (χ1n) is 7.34. The molecule has 110 valence electrons. The summed E-state index contributed by atoms with van der Waals surface area (Å²) in [7, 11) is 2.21. The molecule has 1 fully saturated rings. The predicted octanol–water partition coefficient (Wildman–Crippen LogP) is 4.00. The fourth-order valence-electron chi connectivity index (χ4n) is 2.81. The van der Waals surface area contributed by atoms with Gasteiger partial charge in [0.2, 0.25) is 0 Å². The lowest BCUT2D eigenvalue weighted by atomic mass is 10.1. The molecule has 0 saturated heterocycles. The standard InChI is InChI=1S/C16H23NO2S/c1-17(14-6-4-2-3-5-7-14)11-15-10-13(12-20-15)8-9-16(18)19/h8-10,12,14H,2-7,11H2,1H3,(H,18,19). The fraction of sp³-hybridized carbons (Fsp3) is 0.562. The molecule has 0 bridgehead atoms. The average molecular weight is 293 g/mol.